The van der Waals surface area contributed by atoms with Crippen LogP contribution in [0.1, 0.15) is 11.1 Å². The van der Waals surface area contributed by atoms with Crippen molar-refractivity contribution in [3.63, 3.8) is 0 Å². The molecular weight excluding hydrogens is 465 g/mol. The van der Waals surface area contributed by atoms with E-state index in [1.54, 1.807) is 18.2 Å². The van der Waals surface area contributed by atoms with Crippen LogP contribution < -0.4 is 10.6 Å². The summed E-state index contributed by atoms with van der Waals surface area (Å²) in [6.45, 7) is -0.340. The smallest absolute Gasteiger partial charge is 0.324 e. The topological polar surface area (TPSA) is 162 Å². The summed E-state index contributed by atoms with van der Waals surface area (Å²) in [6.07, 6.45) is -0.745. The molecule has 0 saturated heterocycles. The molecule has 0 aliphatic carbocycles. The van der Waals surface area contributed by atoms with Crippen LogP contribution in [0.2, 0.25) is 0 Å². The number of hydrogen-bond donors (Lipinski definition) is 5. The van der Waals surface area contributed by atoms with E-state index in [4.69, 9.17) is 14.3 Å². The summed E-state index contributed by atoms with van der Waals surface area (Å²) < 4.78 is 40.8. The van der Waals surface area contributed by atoms with E-state index in [2.05, 4.69) is 0 Å². The summed E-state index contributed by atoms with van der Waals surface area (Å²) in [4.78, 5) is 47.7. The van der Waals surface area contributed by atoms with Gasteiger partial charge in [-0.25, -0.2) is 0 Å². The van der Waals surface area contributed by atoms with Gasteiger partial charge in [0.25, 0.3) is 0 Å². The van der Waals surface area contributed by atoms with E-state index in [9.17, 15) is 28.4 Å². The number of benzene rings is 3. The zero-order chi connectivity index (χ0) is 22.9. The second-order valence-corrected chi connectivity index (χ2v) is 12.0. The molecule has 0 spiro atoms. The van der Waals surface area contributed by atoms with Gasteiger partial charge in [0, 0.05) is 0 Å². The lowest BCUT2D eigenvalue weighted by atomic mass is 10.1. The van der Waals surface area contributed by atoms with E-state index >= 15 is 0 Å². The van der Waals surface area contributed by atoms with E-state index < -0.39 is 28.9 Å². The van der Waals surface area contributed by atoms with Crippen molar-refractivity contribution >= 4 is 44.2 Å². The standard InChI is InChI=1S/C19H21O9P3/c20-29(21,22)13-14-5-8-19(30(23,24)25)17(11-14)9-10-28-31(26,27)18-7-6-15-3-1-2-4-16(15)12-18/h1-8,11-12H,9-10,13H2,(H,26,27)(H2,20,21,22)(H2,23,24,25). The Morgan fingerprint density at radius 2 is 1.45 bits per heavy atom. The number of rotatable bonds is 8. The molecule has 1 atom stereocenters. The summed E-state index contributed by atoms with van der Waals surface area (Å²) >= 11 is 0. The lowest BCUT2D eigenvalue weighted by molar-refractivity contribution is 0.272. The number of hydrogen-bond acceptors (Lipinski definition) is 4. The summed E-state index contributed by atoms with van der Waals surface area (Å²) in [7, 11) is -13.3. The number of fused-ring (bicyclic) bond motifs is 1. The molecule has 12 heteroatoms. The predicted octanol–water partition coefficient (Wildman–Crippen LogP) is 2.39. The highest BCUT2D eigenvalue weighted by Crippen LogP contribution is 2.43. The van der Waals surface area contributed by atoms with E-state index in [1.165, 1.54) is 24.3 Å². The monoisotopic (exact) mass is 486 g/mol. The minimum absolute atomic E-state index is 0.0802. The van der Waals surface area contributed by atoms with Crippen LogP contribution in [-0.4, -0.2) is 31.1 Å². The lowest BCUT2D eigenvalue weighted by Crippen LogP contribution is -2.15. The summed E-state index contributed by atoms with van der Waals surface area (Å²) in [6, 6.07) is 15.6. The van der Waals surface area contributed by atoms with Gasteiger partial charge in [0.05, 0.1) is 23.4 Å². The molecule has 0 saturated carbocycles. The first kappa shape index (κ1) is 24.0. The Morgan fingerprint density at radius 3 is 2.10 bits per heavy atom. The first-order chi connectivity index (χ1) is 14.4. The van der Waals surface area contributed by atoms with Gasteiger partial charge in [-0.1, -0.05) is 42.5 Å². The van der Waals surface area contributed by atoms with Crippen molar-refractivity contribution in [3.8, 4) is 0 Å². The largest absolute Gasteiger partial charge is 0.358 e. The molecule has 3 aromatic rings. The Labute approximate surface area is 178 Å². The highest BCUT2D eigenvalue weighted by atomic mass is 31.2. The zero-order valence-corrected chi connectivity index (χ0v) is 18.8. The third-order valence-corrected chi connectivity index (χ3v) is 7.85. The maximum atomic E-state index is 12.7. The molecule has 3 aromatic carbocycles. The highest BCUT2D eigenvalue weighted by molar-refractivity contribution is 7.61. The SMILES string of the molecule is O=P(O)(O)Cc1ccc(P(=O)(O)O)c(CCOP(=O)(O)c2ccc3ccccc3c2)c1. The van der Waals surface area contributed by atoms with Crippen LogP contribution in [0.25, 0.3) is 10.8 Å². The van der Waals surface area contributed by atoms with Crippen molar-refractivity contribution in [2.75, 3.05) is 6.61 Å². The first-order valence-corrected chi connectivity index (χ1v) is 14.0. The predicted molar refractivity (Wildman–Crippen MR) is 117 cm³/mol. The third kappa shape index (κ3) is 6.43. The van der Waals surface area contributed by atoms with E-state index in [1.807, 2.05) is 12.1 Å². The van der Waals surface area contributed by atoms with E-state index in [0.29, 0.717) is 0 Å². The second-order valence-electron chi connectivity index (χ2n) is 6.96. The minimum Gasteiger partial charge on any atom is -0.324 e. The molecule has 9 nitrogen and oxygen atoms in total. The van der Waals surface area contributed by atoms with Crippen LogP contribution in [0.4, 0.5) is 0 Å². The fourth-order valence-electron chi connectivity index (χ4n) is 3.17. The van der Waals surface area contributed by atoms with E-state index in [0.717, 1.165) is 16.8 Å². The Morgan fingerprint density at radius 1 is 0.774 bits per heavy atom. The second kappa shape index (κ2) is 9.08. The fourth-order valence-corrected chi connectivity index (χ4v) is 5.71. The quantitative estimate of drug-likeness (QED) is 0.301. The average Bonchev–Trinajstić information content (AvgIpc) is 2.65. The van der Waals surface area contributed by atoms with Crippen LogP contribution in [0.15, 0.2) is 60.7 Å². The van der Waals surface area contributed by atoms with Crippen LogP contribution >= 0.6 is 22.8 Å². The average molecular weight is 486 g/mol. The minimum atomic E-state index is -4.67. The van der Waals surface area contributed by atoms with Crippen molar-refractivity contribution in [2.45, 2.75) is 12.6 Å². The van der Waals surface area contributed by atoms with Gasteiger partial charge in [0.1, 0.15) is 0 Å². The van der Waals surface area contributed by atoms with Gasteiger partial charge in [-0.05, 0) is 46.5 Å². The first-order valence-electron chi connectivity index (χ1n) is 9.04. The van der Waals surface area contributed by atoms with Crippen molar-refractivity contribution in [3.05, 3.63) is 71.8 Å². The zero-order valence-electron chi connectivity index (χ0n) is 16.1. The summed E-state index contributed by atoms with van der Waals surface area (Å²) in [5.74, 6) is 0. The van der Waals surface area contributed by atoms with Crippen molar-refractivity contribution < 1.29 is 42.7 Å². The maximum Gasteiger partial charge on any atom is 0.358 e. The molecule has 0 aliphatic rings. The molecule has 31 heavy (non-hydrogen) atoms. The molecule has 166 valence electrons. The molecule has 3 rings (SSSR count). The fraction of sp³-hybridized carbons (Fsp3) is 0.158. The Kier molecular flexibility index (Phi) is 7.04. The van der Waals surface area contributed by atoms with Gasteiger partial charge in [0.2, 0.25) is 0 Å². The van der Waals surface area contributed by atoms with Crippen LogP contribution in [-0.2, 0) is 30.8 Å². The molecule has 0 bridgehead atoms. The molecule has 0 amide bonds. The Hall–Kier alpha value is -1.63. The lowest BCUT2D eigenvalue weighted by Gasteiger charge is -2.16. The van der Waals surface area contributed by atoms with Gasteiger partial charge >= 0.3 is 22.8 Å². The summed E-state index contributed by atoms with van der Waals surface area (Å²) in [5, 5.41) is 1.40. The molecule has 0 fully saturated rings. The van der Waals surface area contributed by atoms with Gasteiger partial charge < -0.3 is 29.0 Å². The van der Waals surface area contributed by atoms with Crippen LogP contribution in [0, 0.1) is 0 Å². The molecule has 0 aromatic heterocycles. The van der Waals surface area contributed by atoms with Crippen LogP contribution in [0.5, 0.6) is 0 Å². The van der Waals surface area contributed by atoms with Crippen molar-refractivity contribution in [2.24, 2.45) is 0 Å². The third-order valence-electron chi connectivity index (χ3n) is 4.54. The van der Waals surface area contributed by atoms with Crippen molar-refractivity contribution in [1.82, 2.24) is 0 Å². The highest BCUT2D eigenvalue weighted by Gasteiger charge is 2.26. The van der Waals surface area contributed by atoms with Crippen LogP contribution in [0.3, 0.4) is 0 Å². The van der Waals surface area contributed by atoms with Gasteiger partial charge in [-0.2, -0.15) is 0 Å². The molecular formula is C19H21O9P3. The van der Waals surface area contributed by atoms with E-state index in [-0.39, 0.29) is 34.8 Å². The molecule has 0 heterocycles. The Balaban J connectivity index is 1.80. The molecule has 0 aliphatic heterocycles. The maximum absolute atomic E-state index is 12.7. The molecule has 0 radical (unpaired) electrons. The molecule has 5 N–H and O–H groups in total. The molecule has 1 unspecified atom stereocenters. The van der Waals surface area contributed by atoms with Gasteiger partial charge in [-0.15, -0.1) is 0 Å². The summed E-state index contributed by atoms with van der Waals surface area (Å²) in [5.41, 5.74) is 0.264. The van der Waals surface area contributed by atoms with Crippen molar-refractivity contribution in [1.29, 1.82) is 0 Å². The Bertz CT molecular complexity index is 1250. The van der Waals surface area contributed by atoms with Gasteiger partial charge in [-0.3, -0.25) is 13.7 Å². The van der Waals surface area contributed by atoms with Gasteiger partial charge in [0.15, 0.2) is 0 Å². The normalized spacial score (nSPS) is 14.5.